The van der Waals surface area contributed by atoms with Crippen LogP contribution in [0.3, 0.4) is 0 Å². The highest BCUT2D eigenvalue weighted by Crippen LogP contribution is 2.34. The molecule has 0 aliphatic carbocycles. The highest BCUT2D eigenvalue weighted by atomic mass is 79.9. The molecule has 86 valence electrons. The predicted octanol–water partition coefficient (Wildman–Crippen LogP) is 1.89. The van der Waals surface area contributed by atoms with Gasteiger partial charge in [0.25, 0.3) is 0 Å². The molecular weight excluding hydrogens is 266 g/mol. The van der Waals surface area contributed by atoms with Crippen molar-refractivity contribution < 1.29 is 0 Å². The molecule has 1 aromatic heterocycles. The number of nitrogens with one attached hydrogen (secondary N) is 1. The van der Waals surface area contributed by atoms with E-state index in [2.05, 4.69) is 50.2 Å². The first kappa shape index (κ1) is 10.5. The van der Waals surface area contributed by atoms with Crippen molar-refractivity contribution in [3.63, 3.8) is 0 Å². The molecule has 2 aliphatic rings. The van der Waals surface area contributed by atoms with Gasteiger partial charge in [-0.05, 0) is 46.8 Å². The van der Waals surface area contributed by atoms with Gasteiger partial charge in [0.2, 0.25) is 0 Å². The zero-order chi connectivity index (χ0) is 11.1. The van der Waals surface area contributed by atoms with Crippen LogP contribution < -0.4 is 10.2 Å². The van der Waals surface area contributed by atoms with Gasteiger partial charge in [0.15, 0.2) is 0 Å². The van der Waals surface area contributed by atoms with E-state index in [1.54, 1.807) is 0 Å². The lowest BCUT2D eigenvalue weighted by Crippen LogP contribution is -2.33. The number of nitrogens with zero attached hydrogens (tertiary/aromatic N) is 2. The van der Waals surface area contributed by atoms with Crippen LogP contribution in [0.1, 0.15) is 6.92 Å². The Bertz CT molecular complexity index is 378. The SMILES string of the molecule is CC1C2CNCC2CN1c1ccc(Br)cn1. The number of halogens is 1. The second-order valence-electron chi connectivity index (χ2n) is 4.81. The van der Waals surface area contributed by atoms with E-state index >= 15 is 0 Å². The summed E-state index contributed by atoms with van der Waals surface area (Å²) in [5.74, 6) is 2.72. The molecule has 2 fully saturated rings. The van der Waals surface area contributed by atoms with E-state index in [-0.39, 0.29) is 0 Å². The summed E-state index contributed by atoms with van der Waals surface area (Å²) < 4.78 is 1.05. The van der Waals surface area contributed by atoms with Crippen molar-refractivity contribution in [3.8, 4) is 0 Å². The molecule has 3 atom stereocenters. The minimum absolute atomic E-state index is 0.605. The van der Waals surface area contributed by atoms with E-state index < -0.39 is 0 Å². The van der Waals surface area contributed by atoms with Crippen LogP contribution in [0.5, 0.6) is 0 Å². The minimum Gasteiger partial charge on any atom is -0.353 e. The molecule has 0 aromatic carbocycles. The zero-order valence-corrected chi connectivity index (χ0v) is 10.9. The Balaban J connectivity index is 1.83. The standard InChI is InChI=1S/C12H16BrN3/c1-8-11-6-14-4-9(11)7-16(8)12-3-2-10(13)5-15-12/h2-3,5,8-9,11,14H,4,6-7H2,1H3. The first-order valence-corrected chi connectivity index (χ1v) is 6.64. The number of anilines is 1. The molecule has 4 heteroatoms. The number of hydrogen-bond acceptors (Lipinski definition) is 3. The monoisotopic (exact) mass is 281 g/mol. The van der Waals surface area contributed by atoms with Crippen LogP contribution in [0, 0.1) is 11.8 Å². The summed E-state index contributed by atoms with van der Waals surface area (Å²) in [4.78, 5) is 6.94. The molecule has 1 N–H and O–H groups in total. The number of aromatic nitrogens is 1. The quantitative estimate of drug-likeness (QED) is 0.852. The normalized spacial score (nSPS) is 33.1. The van der Waals surface area contributed by atoms with Gasteiger partial charge in [-0.3, -0.25) is 0 Å². The third kappa shape index (κ3) is 1.64. The Morgan fingerprint density at radius 1 is 1.44 bits per heavy atom. The van der Waals surface area contributed by atoms with Crippen LogP contribution in [0.15, 0.2) is 22.8 Å². The lowest BCUT2D eigenvalue weighted by Gasteiger charge is -2.25. The molecule has 0 saturated carbocycles. The first-order chi connectivity index (χ1) is 7.75. The van der Waals surface area contributed by atoms with Crippen molar-refractivity contribution in [1.82, 2.24) is 10.3 Å². The molecule has 2 aliphatic heterocycles. The van der Waals surface area contributed by atoms with Crippen LogP contribution in [-0.2, 0) is 0 Å². The summed E-state index contributed by atoms with van der Waals surface area (Å²) in [5.41, 5.74) is 0. The number of fused-ring (bicyclic) bond motifs is 1. The molecule has 3 heterocycles. The van der Waals surface area contributed by atoms with Gasteiger partial charge in [0, 0.05) is 36.3 Å². The van der Waals surface area contributed by atoms with Crippen molar-refractivity contribution in [2.24, 2.45) is 11.8 Å². The van der Waals surface area contributed by atoms with Gasteiger partial charge in [-0.15, -0.1) is 0 Å². The second-order valence-corrected chi connectivity index (χ2v) is 5.73. The lowest BCUT2D eigenvalue weighted by atomic mass is 9.95. The molecule has 2 saturated heterocycles. The molecule has 0 bridgehead atoms. The van der Waals surface area contributed by atoms with E-state index in [4.69, 9.17) is 0 Å². The van der Waals surface area contributed by atoms with Gasteiger partial charge in [-0.1, -0.05) is 0 Å². The Labute approximate surface area is 104 Å². The maximum atomic E-state index is 4.50. The lowest BCUT2D eigenvalue weighted by molar-refractivity contribution is 0.471. The number of rotatable bonds is 1. The van der Waals surface area contributed by atoms with Crippen molar-refractivity contribution in [3.05, 3.63) is 22.8 Å². The van der Waals surface area contributed by atoms with E-state index in [9.17, 15) is 0 Å². The first-order valence-electron chi connectivity index (χ1n) is 5.84. The third-order valence-corrected chi connectivity index (χ3v) is 4.41. The average molecular weight is 282 g/mol. The molecular formula is C12H16BrN3. The van der Waals surface area contributed by atoms with Gasteiger partial charge in [0.05, 0.1) is 0 Å². The average Bonchev–Trinajstić information content (AvgIpc) is 2.84. The fourth-order valence-corrected chi connectivity index (χ4v) is 3.24. The number of hydrogen-bond donors (Lipinski definition) is 1. The van der Waals surface area contributed by atoms with Crippen LogP contribution >= 0.6 is 15.9 Å². The van der Waals surface area contributed by atoms with Crippen molar-refractivity contribution in [2.75, 3.05) is 24.5 Å². The summed E-state index contributed by atoms with van der Waals surface area (Å²) in [6.07, 6.45) is 1.88. The van der Waals surface area contributed by atoms with Crippen LogP contribution in [-0.4, -0.2) is 30.7 Å². The van der Waals surface area contributed by atoms with E-state index in [1.807, 2.05) is 6.20 Å². The molecule has 3 unspecified atom stereocenters. The van der Waals surface area contributed by atoms with E-state index in [0.29, 0.717) is 6.04 Å². The van der Waals surface area contributed by atoms with Gasteiger partial charge in [0.1, 0.15) is 5.82 Å². The Kier molecular flexibility index (Phi) is 2.64. The zero-order valence-electron chi connectivity index (χ0n) is 9.36. The molecule has 3 rings (SSSR count). The fourth-order valence-electron chi connectivity index (χ4n) is 3.01. The van der Waals surface area contributed by atoms with Crippen molar-refractivity contribution >= 4 is 21.7 Å². The highest BCUT2D eigenvalue weighted by molar-refractivity contribution is 9.10. The molecule has 0 spiro atoms. The largest absolute Gasteiger partial charge is 0.353 e. The van der Waals surface area contributed by atoms with E-state index in [1.165, 1.54) is 13.1 Å². The molecule has 3 nitrogen and oxygen atoms in total. The Hall–Kier alpha value is -0.610. The molecule has 1 aromatic rings. The van der Waals surface area contributed by atoms with Gasteiger partial charge in [-0.2, -0.15) is 0 Å². The predicted molar refractivity (Wildman–Crippen MR) is 68.6 cm³/mol. The molecule has 16 heavy (non-hydrogen) atoms. The Morgan fingerprint density at radius 3 is 3.00 bits per heavy atom. The highest BCUT2D eigenvalue weighted by Gasteiger charge is 2.42. The second kappa shape index (κ2) is 4.00. The maximum Gasteiger partial charge on any atom is 0.128 e. The summed E-state index contributed by atoms with van der Waals surface area (Å²) in [6, 6.07) is 4.78. The third-order valence-electron chi connectivity index (χ3n) is 3.94. The van der Waals surface area contributed by atoms with Crippen LogP contribution in [0.2, 0.25) is 0 Å². The van der Waals surface area contributed by atoms with Crippen molar-refractivity contribution in [1.29, 1.82) is 0 Å². The summed E-state index contributed by atoms with van der Waals surface area (Å²) >= 11 is 3.43. The van der Waals surface area contributed by atoms with Gasteiger partial charge in [-0.25, -0.2) is 4.98 Å². The Morgan fingerprint density at radius 2 is 2.31 bits per heavy atom. The van der Waals surface area contributed by atoms with Crippen molar-refractivity contribution in [2.45, 2.75) is 13.0 Å². The topological polar surface area (TPSA) is 28.2 Å². The number of pyridine rings is 1. The smallest absolute Gasteiger partial charge is 0.128 e. The fraction of sp³-hybridized carbons (Fsp3) is 0.583. The van der Waals surface area contributed by atoms with Gasteiger partial charge >= 0.3 is 0 Å². The van der Waals surface area contributed by atoms with E-state index in [0.717, 1.165) is 28.7 Å². The summed E-state index contributed by atoms with van der Waals surface area (Å²) in [5, 5.41) is 3.48. The molecule has 0 radical (unpaired) electrons. The minimum atomic E-state index is 0.605. The van der Waals surface area contributed by atoms with Gasteiger partial charge < -0.3 is 10.2 Å². The van der Waals surface area contributed by atoms with Crippen LogP contribution in [0.4, 0.5) is 5.82 Å². The van der Waals surface area contributed by atoms with Crippen LogP contribution in [0.25, 0.3) is 0 Å². The maximum absolute atomic E-state index is 4.50. The summed E-state index contributed by atoms with van der Waals surface area (Å²) in [7, 11) is 0. The molecule has 0 amide bonds. The summed E-state index contributed by atoms with van der Waals surface area (Å²) in [6.45, 7) is 5.80.